The maximum Gasteiger partial charge on any atom is 0.0595 e. The van der Waals surface area contributed by atoms with Crippen molar-refractivity contribution >= 4 is 0 Å². The quantitative estimate of drug-likeness (QED) is 0.557. The van der Waals surface area contributed by atoms with Gasteiger partial charge in [0.05, 0.1) is 6.17 Å². The molecule has 0 bridgehead atoms. The van der Waals surface area contributed by atoms with Crippen molar-refractivity contribution in [1.82, 2.24) is 10.2 Å². The van der Waals surface area contributed by atoms with Crippen molar-refractivity contribution in [3.8, 4) is 0 Å². The Balaban J connectivity index is 2.41. The van der Waals surface area contributed by atoms with E-state index in [1.165, 1.54) is 6.42 Å². The molecule has 0 spiro atoms. The highest BCUT2D eigenvalue weighted by Crippen LogP contribution is 2.09. The first kappa shape index (κ1) is 7.03. The summed E-state index contributed by atoms with van der Waals surface area (Å²) in [6.45, 7) is 5.61. The number of hydrogen-bond acceptors (Lipinski definition) is 2. The van der Waals surface area contributed by atoms with Crippen LogP contribution in [0.15, 0.2) is 0 Å². The van der Waals surface area contributed by atoms with Crippen LogP contribution in [0.4, 0.5) is 0 Å². The lowest BCUT2D eigenvalue weighted by atomic mass is 10.3. The second-order valence-corrected chi connectivity index (χ2v) is 2.85. The molecule has 1 saturated heterocycles. The van der Waals surface area contributed by atoms with E-state index in [1.54, 1.807) is 0 Å². The van der Waals surface area contributed by atoms with Gasteiger partial charge in [0.2, 0.25) is 0 Å². The lowest BCUT2D eigenvalue weighted by molar-refractivity contribution is 0.241. The Hall–Kier alpha value is -0.0800. The molecule has 0 aromatic carbocycles. The van der Waals surface area contributed by atoms with Gasteiger partial charge in [-0.15, -0.1) is 0 Å². The van der Waals surface area contributed by atoms with Gasteiger partial charge in [-0.05, 0) is 20.4 Å². The summed E-state index contributed by atoms with van der Waals surface area (Å²) in [6.07, 6.45) is 1.83. The Kier molecular flexibility index (Phi) is 2.09. The van der Waals surface area contributed by atoms with E-state index in [2.05, 4.69) is 31.1 Å². The average Bonchev–Trinajstić information content (AvgIpc) is 2.15. The van der Waals surface area contributed by atoms with Crippen LogP contribution in [0.5, 0.6) is 0 Å². The third-order valence-electron chi connectivity index (χ3n) is 2.22. The lowest BCUT2D eigenvalue weighted by Crippen LogP contribution is -2.33. The molecule has 0 amide bonds. The fraction of sp³-hybridized carbons (Fsp3) is 1.00. The first-order chi connectivity index (χ1) is 4.25. The molecule has 1 aliphatic rings. The van der Waals surface area contributed by atoms with E-state index in [0.29, 0.717) is 6.17 Å². The Morgan fingerprint density at radius 1 is 1.67 bits per heavy atom. The van der Waals surface area contributed by atoms with Crippen molar-refractivity contribution in [2.75, 3.05) is 13.6 Å². The molecule has 1 heterocycles. The third kappa shape index (κ3) is 1.25. The molecule has 2 unspecified atom stereocenters. The Bertz CT molecular complexity index is 92.9. The standard InChI is InChI=1S/C7H16N2/c1-4-7-8-5-6(2)9(7)3/h6-8H,4-5H2,1-3H3. The van der Waals surface area contributed by atoms with Crippen LogP contribution in [0, 0.1) is 0 Å². The summed E-state index contributed by atoms with van der Waals surface area (Å²) >= 11 is 0. The van der Waals surface area contributed by atoms with Gasteiger partial charge in [-0.1, -0.05) is 6.92 Å². The number of likely N-dealkylation sites (N-methyl/N-ethyl adjacent to an activating group) is 1. The number of nitrogens with one attached hydrogen (secondary N) is 1. The Morgan fingerprint density at radius 2 is 2.33 bits per heavy atom. The predicted molar refractivity (Wildman–Crippen MR) is 39.3 cm³/mol. The van der Waals surface area contributed by atoms with E-state index in [-0.39, 0.29) is 0 Å². The van der Waals surface area contributed by atoms with Gasteiger partial charge in [-0.25, -0.2) is 0 Å². The van der Waals surface area contributed by atoms with Crippen LogP contribution < -0.4 is 5.32 Å². The van der Waals surface area contributed by atoms with E-state index in [0.717, 1.165) is 12.6 Å². The number of hydrogen-bond donors (Lipinski definition) is 1. The Labute approximate surface area is 57.2 Å². The normalized spacial score (nSPS) is 37.7. The van der Waals surface area contributed by atoms with E-state index in [4.69, 9.17) is 0 Å². The van der Waals surface area contributed by atoms with E-state index < -0.39 is 0 Å². The Morgan fingerprint density at radius 3 is 2.56 bits per heavy atom. The van der Waals surface area contributed by atoms with Crippen LogP contribution in [0.2, 0.25) is 0 Å². The fourth-order valence-corrected chi connectivity index (χ4v) is 1.33. The summed E-state index contributed by atoms with van der Waals surface area (Å²) < 4.78 is 0. The highest BCUT2D eigenvalue weighted by atomic mass is 15.3. The van der Waals surface area contributed by atoms with E-state index in [1.807, 2.05) is 0 Å². The second kappa shape index (κ2) is 2.67. The van der Waals surface area contributed by atoms with Crippen LogP contribution in [-0.4, -0.2) is 30.7 Å². The van der Waals surface area contributed by atoms with Gasteiger partial charge >= 0.3 is 0 Å². The molecule has 1 N–H and O–H groups in total. The molecule has 0 aliphatic carbocycles. The van der Waals surface area contributed by atoms with Crippen molar-refractivity contribution in [1.29, 1.82) is 0 Å². The molecule has 0 aromatic heterocycles. The molecule has 1 aliphatic heterocycles. The van der Waals surface area contributed by atoms with Crippen LogP contribution in [0.3, 0.4) is 0 Å². The number of rotatable bonds is 1. The minimum Gasteiger partial charge on any atom is -0.300 e. The van der Waals surface area contributed by atoms with Gasteiger partial charge in [0.15, 0.2) is 0 Å². The van der Waals surface area contributed by atoms with Gasteiger partial charge in [0.1, 0.15) is 0 Å². The topological polar surface area (TPSA) is 15.3 Å². The lowest BCUT2D eigenvalue weighted by Gasteiger charge is -2.20. The fourth-order valence-electron chi connectivity index (χ4n) is 1.33. The molecule has 0 saturated carbocycles. The summed E-state index contributed by atoms with van der Waals surface area (Å²) in [5.74, 6) is 0. The minimum absolute atomic E-state index is 0.625. The molecule has 54 valence electrons. The van der Waals surface area contributed by atoms with Crippen LogP contribution in [0.25, 0.3) is 0 Å². The van der Waals surface area contributed by atoms with Crippen molar-refractivity contribution in [2.45, 2.75) is 32.5 Å². The predicted octanol–water partition coefficient (Wildman–Crippen LogP) is 0.646. The highest BCUT2D eigenvalue weighted by Gasteiger charge is 2.24. The van der Waals surface area contributed by atoms with Crippen molar-refractivity contribution in [3.05, 3.63) is 0 Å². The maximum absolute atomic E-state index is 3.43. The largest absolute Gasteiger partial charge is 0.300 e. The molecule has 1 fully saturated rings. The monoisotopic (exact) mass is 128 g/mol. The SMILES string of the molecule is CCC1NCC(C)N1C. The molecule has 2 nitrogen and oxygen atoms in total. The van der Waals surface area contributed by atoms with Crippen LogP contribution in [0.1, 0.15) is 20.3 Å². The molecule has 9 heavy (non-hydrogen) atoms. The maximum atomic E-state index is 3.43. The number of nitrogens with zero attached hydrogens (tertiary/aromatic N) is 1. The smallest absolute Gasteiger partial charge is 0.0595 e. The highest BCUT2D eigenvalue weighted by molar-refractivity contribution is 4.80. The van der Waals surface area contributed by atoms with Gasteiger partial charge in [0.25, 0.3) is 0 Å². The molecule has 1 rings (SSSR count). The van der Waals surface area contributed by atoms with Gasteiger partial charge in [-0.3, -0.25) is 4.90 Å². The second-order valence-electron chi connectivity index (χ2n) is 2.85. The summed E-state index contributed by atoms with van der Waals surface area (Å²) in [6, 6.07) is 0.718. The average molecular weight is 128 g/mol. The van der Waals surface area contributed by atoms with Crippen LogP contribution >= 0.6 is 0 Å². The molecule has 0 aromatic rings. The molecular formula is C7H16N2. The molecule has 2 atom stereocenters. The first-order valence-corrected chi connectivity index (χ1v) is 3.71. The van der Waals surface area contributed by atoms with Crippen molar-refractivity contribution in [3.63, 3.8) is 0 Å². The summed E-state index contributed by atoms with van der Waals surface area (Å²) in [5, 5.41) is 3.43. The molecular weight excluding hydrogens is 112 g/mol. The van der Waals surface area contributed by atoms with Crippen molar-refractivity contribution in [2.24, 2.45) is 0 Å². The molecule has 2 heteroatoms. The molecule has 0 radical (unpaired) electrons. The van der Waals surface area contributed by atoms with Crippen LogP contribution in [-0.2, 0) is 0 Å². The summed E-state index contributed by atoms with van der Waals surface area (Å²) in [4.78, 5) is 2.39. The third-order valence-corrected chi connectivity index (χ3v) is 2.22. The summed E-state index contributed by atoms with van der Waals surface area (Å²) in [5.41, 5.74) is 0. The van der Waals surface area contributed by atoms with Crippen molar-refractivity contribution < 1.29 is 0 Å². The van der Waals surface area contributed by atoms with E-state index >= 15 is 0 Å². The van der Waals surface area contributed by atoms with Gasteiger partial charge in [0, 0.05) is 12.6 Å². The van der Waals surface area contributed by atoms with Gasteiger partial charge in [-0.2, -0.15) is 0 Å². The van der Waals surface area contributed by atoms with Gasteiger partial charge < -0.3 is 5.32 Å². The minimum atomic E-state index is 0.625. The first-order valence-electron chi connectivity index (χ1n) is 3.71. The van der Waals surface area contributed by atoms with E-state index in [9.17, 15) is 0 Å². The zero-order valence-electron chi connectivity index (χ0n) is 6.52. The zero-order chi connectivity index (χ0) is 6.85. The summed E-state index contributed by atoms with van der Waals surface area (Å²) in [7, 11) is 2.18. The zero-order valence-corrected chi connectivity index (χ0v) is 6.52.